The van der Waals surface area contributed by atoms with Crippen molar-refractivity contribution in [2.45, 2.75) is 19.3 Å². The molecule has 0 N–H and O–H groups in total. The van der Waals surface area contributed by atoms with Gasteiger partial charge in [0.2, 0.25) is 0 Å². The first-order chi connectivity index (χ1) is 25.5. The van der Waals surface area contributed by atoms with Crippen LogP contribution < -0.4 is 0 Å². The third kappa shape index (κ3) is 5.34. The number of fused-ring (bicyclic) bond motifs is 6. The van der Waals surface area contributed by atoms with E-state index in [1.165, 1.54) is 33.0 Å². The molecule has 1 aliphatic rings. The van der Waals surface area contributed by atoms with E-state index in [4.69, 9.17) is 4.99 Å². The quantitative estimate of drug-likeness (QED) is 0.163. The van der Waals surface area contributed by atoms with Gasteiger partial charge < -0.3 is 4.57 Å². The first kappa shape index (κ1) is 31.2. The van der Waals surface area contributed by atoms with E-state index in [1.807, 2.05) is 66.7 Å². The number of nitrogens with zero attached hydrogens (tertiary/aromatic N) is 3. The summed E-state index contributed by atoms with van der Waals surface area (Å²) < 4.78 is 2.41. The highest BCUT2D eigenvalue weighted by atomic mass is 15.0. The monoisotopic (exact) mass is 665 g/mol. The van der Waals surface area contributed by atoms with E-state index in [-0.39, 0.29) is 5.41 Å². The van der Waals surface area contributed by atoms with Crippen molar-refractivity contribution < 1.29 is 0 Å². The molecule has 0 unspecified atom stereocenters. The van der Waals surface area contributed by atoms with Crippen molar-refractivity contribution in [3.8, 4) is 34.0 Å². The highest BCUT2D eigenvalue weighted by Gasteiger charge is 2.36. The van der Waals surface area contributed by atoms with Crippen molar-refractivity contribution >= 4 is 39.3 Å². The molecule has 3 nitrogen and oxygen atoms in total. The third-order valence-corrected chi connectivity index (χ3v) is 10.4. The standard InChI is InChI=1S/C49H35N3/c1-49(2)44-22-11-9-20-40(44)42-30-43-41-21-10-12-23-47(41)52(48(43)31-45(42)49)39-28-36(35-17-13-16-34(26-35)32-50)27-37(29-39)46(51-38-18-7-4-8-19-38)25-24-33-14-5-3-6-15-33/h3-31H,1-2H3/b25-24+,51-46+. The molecule has 0 saturated carbocycles. The van der Waals surface area contributed by atoms with Crippen LogP contribution in [0.3, 0.4) is 0 Å². The molecule has 0 aliphatic heterocycles. The van der Waals surface area contributed by atoms with E-state index < -0.39 is 0 Å². The largest absolute Gasteiger partial charge is 0.309 e. The molecule has 3 heteroatoms. The molecule has 0 radical (unpaired) electrons. The lowest BCUT2D eigenvalue weighted by Crippen LogP contribution is -2.15. The number of benzene rings is 7. The molecule has 1 aromatic heterocycles. The molecular weight excluding hydrogens is 631 g/mol. The molecule has 0 bridgehead atoms. The minimum Gasteiger partial charge on any atom is -0.309 e. The van der Waals surface area contributed by atoms with Crippen LogP contribution in [0.25, 0.3) is 55.8 Å². The molecule has 0 spiro atoms. The van der Waals surface area contributed by atoms with E-state index in [2.05, 4.69) is 134 Å². The van der Waals surface area contributed by atoms with Crippen LogP contribution in [0, 0.1) is 11.3 Å². The Morgan fingerprint density at radius 1 is 0.615 bits per heavy atom. The summed E-state index contributed by atoms with van der Waals surface area (Å²) in [6.45, 7) is 4.67. The molecule has 0 amide bonds. The summed E-state index contributed by atoms with van der Waals surface area (Å²) in [5, 5.41) is 12.3. The first-order valence-electron chi connectivity index (χ1n) is 17.7. The zero-order chi connectivity index (χ0) is 35.2. The number of hydrogen-bond acceptors (Lipinski definition) is 2. The van der Waals surface area contributed by atoms with Crippen LogP contribution in [-0.2, 0) is 5.41 Å². The molecule has 1 aliphatic carbocycles. The molecule has 8 aromatic rings. The smallest absolute Gasteiger partial charge is 0.0991 e. The molecule has 7 aromatic carbocycles. The second-order valence-corrected chi connectivity index (χ2v) is 14.0. The van der Waals surface area contributed by atoms with Gasteiger partial charge in [-0.05, 0) is 106 Å². The fraction of sp³-hybridized carbons (Fsp3) is 0.0612. The summed E-state index contributed by atoms with van der Waals surface area (Å²) in [7, 11) is 0. The minimum absolute atomic E-state index is 0.135. The maximum absolute atomic E-state index is 9.84. The molecule has 0 saturated heterocycles. The zero-order valence-electron chi connectivity index (χ0n) is 29.1. The van der Waals surface area contributed by atoms with E-state index >= 15 is 0 Å². The highest BCUT2D eigenvalue weighted by molar-refractivity contribution is 6.14. The zero-order valence-corrected chi connectivity index (χ0v) is 29.1. The van der Waals surface area contributed by atoms with Gasteiger partial charge in [0.1, 0.15) is 0 Å². The van der Waals surface area contributed by atoms with Gasteiger partial charge in [0, 0.05) is 27.4 Å². The Kier molecular flexibility index (Phi) is 7.53. The number of allylic oxidation sites excluding steroid dienone is 1. The van der Waals surface area contributed by atoms with Crippen LogP contribution in [0.1, 0.15) is 41.7 Å². The lowest BCUT2D eigenvalue weighted by Gasteiger charge is -2.22. The van der Waals surface area contributed by atoms with Gasteiger partial charge in [-0.3, -0.25) is 0 Å². The summed E-state index contributed by atoms with van der Waals surface area (Å²) in [6.07, 6.45) is 4.23. The summed E-state index contributed by atoms with van der Waals surface area (Å²) in [6, 6.07) is 59.7. The maximum Gasteiger partial charge on any atom is 0.0991 e. The van der Waals surface area contributed by atoms with Crippen LogP contribution in [0.5, 0.6) is 0 Å². The highest BCUT2D eigenvalue weighted by Crippen LogP contribution is 2.51. The van der Waals surface area contributed by atoms with Gasteiger partial charge in [0.25, 0.3) is 0 Å². The molecule has 52 heavy (non-hydrogen) atoms. The minimum atomic E-state index is -0.135. The van der Waals surface area contributed by atoms with Crippen LogP contribution in [0.4, 0.5) is 5.69 Å². The number of nitriles is 1. The van der Waals surface area contributed by atoms with Crippen LogP contribution in [-0.4, -0.2) is 10.3 Å². The van der Waals surface area contributed by atoms with Crippen LogP contribution >= 0.6 is 0 Å². The lowest BCUT2D eigenvalue weighted by molar-refractivity contribution is 0.661. The Morgan fingerprint density at radius 3 is 2.19 bits per heavy atom. The van der Waals surface area contributed by atoms with Crippen LogP contribution in [0.2, 0.25) is 0 Å². The molecule has 0 fully saturated rings. The van der Waals surface area contributed by atoms with Crippen LogP contribution in [0.15, 0.2) is 175 Å². The number of hydrogen-bond donors (Lipinski definition) is 0. The summed E-state index contributed by atoms with van der Waals surface area (Å²) >= 11 is 0. The average Bonchev–Trinajstić information content (AvgIpc) is 3.64. The topological polar surface area (TPSA) is 41.1 Å². The normalized spacial score (nSPS) is 13.4. The third-order valence-electron chi connectivity index (χ3n) is 10.4. The average molecular weight is 666 g/mol. The van der Waals surface area contributed by atoms with E-state index in [1.54, 1.807) is 0 Å². The Balaban J connectivity index is 1.33. The molecule has 1 heterocycles. The van der Waals surface area contributed by atoms with Gasteiger partial charge in [-0.1, -0.05) is 123 Å². The predicted octanol–water partition coefficient (Wildman–Crippen LogP) is 12.5. The summed E-state index contributed by atoms with van der Waals surface area (Å²) in [5.41, 5.74) is 14.9. The Hall–Kier alpha value is -6.76. The predicted molar refractivity (Wildman–Crippen MR) is 217 cm³/mol. The van der Waals surface area contributed by atoms with Gasteiger partial charge in [0.05, 0.1) is 34.1 Å². The SMILES string of the molecule is CC1(C)c2ccccc2-c2cc3c4ccccc4n(-c4cc(C(/C=C/c5ccccc5)=N/c5ccccc5)cc(-c5cccc(C#N)c5)c4)c3cc21. The van der Waals surface area contributed by atoms with Crippen molar-refractivity contribution in [2.75, 3.05) is 0 Å². The van der Waals surface area contributed by atoms with Gasteiger partial charge in [0.15, 0.2) is 0 Å². The summed E-state index contributed by atoms with van der Waals surface area (Å²) in [5.74, 6) is 0. The lowest BCUT2D eigenvalue weighted by atomic mass is 9.82. The molecule has 246 valence electrons. The Labute approximate surface area is 304 Å². The van der Waals surface area contributed by atoms with Gasteiger partial charge in [-0.15, -0.1) is 0 Å². The number of aromatic nitrogens is 1. The van der Waals surface area contributed by atoms with Crippen molar-refractivity contribution in [1.82, 2.24) is 4.57 Å². The van der Waals surface area contributed by atoms with E-state index in [0.29, 0.717) is 5.56 Å². The molecule has 0 atom stereocenters. The fourth-order valence-electron chi connectivity index (χ4n) is 7.84. The van der Waals surface area contributed by atoms with Gasteiger partial charge in [-0.2, -0.15) is 5.26 Å². The van der Waals surface area contributed by atoms with Crippen molar-refractivity contribution in [3.05, 3.63) is 198 Å². The second kappa shape index (κ2) is 12.5. The Morgan fingerprint density at radius 2 is 1.37 bits per heavy atom. The first-order valence-corrected chi connectivity index (χ1v) is 17.7. The molecule has 9 rings (SSSR count). The van der Waals surface area contributed by atoms with E-state index in [9.17, 15) is 5.26 Å². The fourth-order valence-corrected chi connectivity index (χ4v) is 7.84. The Bertz CT molecular complexity index is 2760. The number of para-hydroxylation sites is 2. The van der Waals surface area contributed by atoms with E-state index in [0.717, 1.165) is 50.4 Å². The maximum atomic E-state index is 9.84. The van der Waals surface area contributed by atoms with Crippen molar-refractivity contribution in [1.29, 1.82) is 5.26 Å². The number of aliphatic imine (C=N–C) groups is 1. The molecular formula is C49H35N3. The van der Waals surface area contributed by atoms with Gasteiger partial charge >= 0.3 is 0 Å². The van der Waals surface area contributed by atoms with Gasteiger partial charge in [-0.25, -0.2) is 4.99 Å². The number of rotatable bonds is 6. The summed E-state index contributed by atoms with van der Waals surface area (Å²) in [4.78, 5) is 5.22. The second-order valence-electron chi connectivity index (χ2n) is 14.0. The van der Waals surface area contributed by atoms with Crippen molar-refractivity contribution in [3.63, 3.8) is 0 Å². The van der Waals surface area contributed by atoms with Crippen molar-refractivity contribution in [2.24, 2.45) is 4.99 Å².